The molecule has 0 nitrogen and oxygen atoms in total. The molecule has 1 rings (SSSR count). The summed E-state index contributed by atoms with van der Waals surface area (Å²) in [5.74, 6) is 0. The smallest absolute Gasteiger partial charge is 0.0881 e. The molecule has 0 aliphatic heterocycles. The first kappa shape index (κ1) is 9.19. The average molecular weight is 191 g/mol. The lowest BCUT2D eigenvalue weighted by Crippen LogP contribution is -1.95. The molecule has 0 aromatic heterocycles. The lowest BCUT2D eigenvalue weighted by atomic mass is 10.0. The summed E-state index contributed by atoms with van der Waals surface area (Å²) < 4.78 is 0.235. The molecule has 0 aromatic carbocycles. The standard InChI is InChI=1S/C9H12Cl2/c1-8(2)6(5-7(10)11)9(8,3)4/h1-4H3. The van der Waals surface area contributed by atoms with Crippen LogP contribution in [-0.2, 0) is 0 Å². The first-order valence-electron chi connectivity index (χ1n) is 3.63. The van der Waals surface area contributed by atoms with E-state index in [-0.39, 0.29) is 15.3 Å². The average Bonchev–Trinajstić information content (AvgIpc) is 2.11. The number of rotatable bonds is 0. The van der Waals surface area contributed by atoms with E-state index in [1.54, 1.807) is 0 Å². The van der Waals surface area contributed by atoms with Crippen molar-refractivity contribution in [3.63, 3.8) is 0 Å². The summed E-state index contributed by atoms with van der Waals surface area (Å²) in [5.41, 5.74) is 4.60. The van der Waals surface area contributed by atoms with Crippen molar-refractivity contribution >= 4 is 23.2 Å². The molecule has 1 saturated carbocycles. The summed E-state index contributed by atoms with van der Waals surface area (Å²) in [4.78, 5) is 0. The Bertz CT molecular complexity index is 233. The maximum atomic E-state index is 5.52. The second kappa shape index (κ2) is 2.29. The van der Waals surface area contributed by atoms with Crippen LogP contribution >= 0.6 is 23.2 Å². The van der Waals surface area contributed by atoms with Crippen LogP contribution in [0.25, 0.3) is 0 Å². The van der Waals surface area contributed by atoms with E-state index in [0.717, 1.165) is 0 Å². The fourth-order valence-electron chi connectivity index (χ4n) is 1.44. The molecule has 0 atom stereocenters. The minimum Gasteiger partial charge on any atom is -0.0881 e. The van der Waals surface area contributed by atoms with Gasteiger partial charge in [0.25, 0.3) is 0 Å². The van der Waals surface area contributed by atoms with E-state index in [1.807, 2.05) is 0 Å². The zero-order valence-corrected chi connectivity index (χ0v) is 8.77. The van der Waals surface area contributed by atoms with Crippen molar-refractivity contribution in [1.82, 2.24) is 0 Å². The molecule has 2 heteroatoms. The molecule has 1 aliphatic carbocycles. The molecule has 1 fully saturated rings. The number of halogens is 2. The third kappa shape index (κ3) is 1.24. The van der Waals surface area contributed by atoms with E-state index >= 15 is 0 Å². The first-order chi connectivity index (χ1) is 4.80. The van der Waals surface area contributed by atoms with Gasteiger partial charge in [0.05, 0.1) is 0 Å². The summed E-state index contributed by atoms with van der Waals surface area (Å²) in [6.45, 7) is 8.69. The highest BCUT2D eigenvalue weighted by molar-refractivity contribution is 6.55. The van der Waals surface area contributed by atoms with Crippen LogP contribution in [0.2, 0.25) is 0 Å². The predicted molar refractivity (Wildman–Crippen MR) is 49.8 cm³/mol. The van der Waals surface area contributed by atoms with Crippen LogP contribution < -0.4 is 0 Å². The van der Waals surface area contributed by atoms with Gasteiger partial charge in [0.2, 0.25) is 0 Å². The van der Waals surface area contributed by atoms with Crippen LogP contribution in [0, 0.1) is 10.8 Å². The Morgan fingerprint density at radius 1 is 1.09 bits per heavy atom. The van der Waals surface area contributed by atoms with Crippen LogP contribution in [0.4, 0.5) is 0 Å². The van der Waals surface area contributed by atoms with Crippen LogP contribution in [0.3, 0.4) is 0 Å². The molecule has 0 heterocycles. The van der Waals surface area contributed by atoms with Crippen molar-refractivity contribution in [2.24, 2.45) is 10.8 Å². The maximum absolute atomic E-state index is 5.52. The molecule has 11 heavy (non-hydrogen) atoms. The van der Waals surface area contributed by atoms with E-state index in [2.05, 4.69) is 33.4 Å². The maximum Gasteiger partial charge on any atom is 0.148 e. The second-order valence-corrected chi connectivity index (χ2v) is 4.96. The molecule has 62 valence electrons. The highest BCUT2D eigenvalue weighted by Gasteiger charge is 2.60. The van der Waals surface area contributed by atoms with Gasteiger partial charge in [-0.3, -0.25) is 0 Å². The van der Waals surface area contributed by atoms with Crippen molar-refractivity contribution in [3.8, 4) is 0 Å². The molecule has 0 bridgehead atoms. The molecule has 1 aliphatic rings. The van der Waals surface area contributed by atoms with E-state index in [0.29, 0.717) is 0 Å². The number of hydrogen-bond acceptors (Lipinski definition) is 0. The van der Waals surface area contributed by atoms with Gasteiger partial charge in [-0.15, -0.1) is 0 Å². The molecule has 0 amide bonds. The van der Waals surface area contributed by atoms with Gasteiger partial charge in [-0.05, 0) is 5.57 Å². The van der Waals surface area contributed by atoms with Gasteiger partial charge in [-0.25, -0.2) is 0 Å². The summed E-state index contributed by atoms with van der Waals surface area (Å²) >= 11 is 11.0. The molecule has 0 aromatic rings. The minimum atomic E-state index is 0.210. The fourth-order valence-corrected chi connectivity index (χ4v) is 1.63. The quantitative estimate of drug-likeness (QED) is 0.509. The Balaban J connectivity index is 3.11. The van der Waals surface area contributed by atoms with E-state index in [9.17, 15) is 0 Å². The van der Waals surface area contributed by atoms with Crippen molar-refractivity contribution in [1.29, 1.82) is 0 Å². The van der Waals surface area contributed by atoms with Crippen LogP contribution in [0.15, 0.2) is 15.8 Å². The monoisotopic (exact) mass is 190 g/mol. The zero-order chi connectivity index (χ0) is 8.86. The first-order valence-corrected chi connectivity index (χ1v) is 4.38. The van der Waals surface area contributed by atoms with Crippen LogP contribution in [-0.4, -0.2) is 0 Å². The summed E-state index contributed by atoms with van der Waals surface area (Å²) in [7, 11) is 0. The lowest BCUT2D eigenvalue weighted by Gasteiger charge is -2.02. The molecular weight excluding hydrogens is 179 g/mol. The Kier molecular flexibility index (Phi) is 1.92. The van der Waals surface area contributed by atoms with Crippen LogP contribution in [0.1, 0.15) is 27.7 Å². The highest BCUT2D eigenvalue weighted by atomic mass is 35.5. The van der Waals surface area contributed by atoms with Crippen molar-refractivity contribution in [2.75, 3.05) is 0 Å². The molecule has 0 radical (unpaired) electrons. The molecule has 0 unspecified atom stereocenters. The Morgan fingerprint density at radius 2 is 1.45 bits per heavy atom. The van der Waals surface area contributed by atoms with Gasteiger partial charge < -0.3 is 0 Å². The Morgan fingerprint density at radius 3 is 1.55 bits per heavy atom. The summed E-state index contributed by atoms with van der Waals surface area (Å²) in [5, 5.41) is 0. The normalized spacial score (nSPS) is 24.4. The lowest BCUT2D eigenvalue weighted by molar-refractivity contribution is 0.457. The van der Waals surface area contributed by atoms with Gasteiger partial charge >= 0.3 is 0 Å². The summed E-state index contributed by atoms with van der Waals surface area (Å²) in [6, 6.07) is 0. The molecule has 0 N–H and O–H groups in total. The van der Waals surface area contributed by atoms with Gasteiger partial charge in [-0.1, -0.05) is 56.6 Å². The molecule has 0 saturated heterocycles. The zero-order valence-electron chi connectivity index (χ0n) is 7.26. The SMILES string of the molecule is CC1(C)C(=C=C(Cl)Cl)C1(C)C. The Hall–Kier alpha value is 0.100. The van der Waals surface area contributed by atoms with Gasteiger partial charge in [-0.2, -0.15) is 0 Å². The van der Waals surface area contributed by atoms with Crippen molar-refractivity contribution in [3.05, 3.63) is 15.8 Å². The van der Waals surface area contributed by atoms with E-state index in [4.69, 9.17) is 23.2 Å². The molecular formula is C9H12Cl2. The third-order valence-corrected chi connectivity index (χ3v) is 3.16. The molecule has 0 spiro atoms. The Labute approximate surface area is 77.9 Å². The summed E-state index contributed by atoms with van der Waals surface area (Å²) in [6.07, 6.45) is 0. The van der Waals surface area contributed by atoms with Gasteiger partial charge in [0, 0.05) is 10.8 Å². The van der Waals surface area contributed by atoms with E-state index in [1.165, 1.54) is 5.57 Å². The van der Waals surface area contributed by atoms with Gasteiger partial charge in [0.15, 0.2) is 0 Å². The second-order valence-electron chi connectivity index (χ2n) is 4.01. The largest absolute Gasteiger partial charge is 0.148 e. The van der Waals surface area contributed by atoms with Crippen LogP contribution in [0.5, 0.6) is 0 Å². The van der Waals surface area contributed by atoms with Crippen molar-refractivity contribution in [2.45, 2.75) is 27.7 Å². The minimum absolute atomic E-state index is 0.210. The van der Waals surface area contributed by atoms with Gasteiger partial charge in [0.1, 0.15) is 4.49 Å². The van der Waals surface area contributed by atoms with E-state index < -0.39 is 0 Å². The van der Waals surface area contributed by atoms with Crippen molar-refractivity contribution < 1.29 is 0 Å². The third-order valence-electron chi connectivity index (χ3n) is 2.97. The predicted octanol–water partition coefficient (Wildman–Crippen LogP) is 3.90. The number of hydrogen-bond donors (Lipinski definition) is 0. The fraction of sp³-hybridized carbons (Fsp3) is 0.667. The highest BCUT2D eigenvalue weighted by Crippen LogP contribution is 2.67. The number of allylic oxidation sites excluding steroid dienone is 1. The topological polar surface area (TPSA) is 0 Å².